The lowest BCUT2D eigenvalue weighted by Crippen LogP contribution is -2.45. The van der Waals surface area contributed by atoms with Gasteiger partial charge < -0.3 is 15.0 Å². The van der Waals surface area contributed by atoms with Gasteiger partial charge in [0.05, 0.1) is 13.7 Å². The van der Waals surface area contributed by atoms with E-state index in [1.165, 1.54) is 18.4 Å². The highest BCUT2D eigenvalue weighted by atomic mass is 16.5. The number of nitrogens with zero attached hydrogens (tertiary/aromatic N) is 3. The number of carbonyl (C=O) groups is 2. The van der Waals surface area contributed by atoms with Crippen molar-refractivity contribution >= 4 is 23.3 Å². The number of hydrogen-bond acceptors (Lipinski definition) is 6. The minimum absolute atomic E-state index is 0.108. The fourth-order valence-electron chi connectivity index (χ4n) is 4.56. The summed E-state index contributed by atoms with van der Waals surface area (Å²) >= 11 is 0. The van der Waals surface area contributed by atoms with Crippen molar-refractivity contribution in [2.45, 2.75) is 25.4 Å². The first-order valence-corrected chi connectivity index (χ1v) is 11.4. The van der Waals surface area contributed by atoms with E-state index in [1.807, 2.05) is 17.0 Å². The first-order chi connectivity index (χ1) is 15.6. The number of likely N-dealkylation sites (tertiary alicyclic amines) is 1. The zero-order valence-electron chi connectivity index (χ0n) is 18.7. The summed E-state index contributed by atoms with van der Waals surface area (Å²) in [5, 5.41) is 2.95. The molecule has 7 nitrogen and oxygen atoms in total. The standard InChI is InChI=1S/C25H32N4O3/c1-32-25(31)23-8-5-13-29(23)19-24(30)26-21-9-11-22(12-10-21)28-16-14-27(15-17-28)18-20-6-3-2-4-7-20/h2-4,6-7,9-12,23H,5,8,13-19H2,1H3,(H,26,30). The van der Waals surface area contributed by atoms with Crippen LogP contribution in [0.25, 0.3) is 0 Å². The number of esters is 1. The van der Waals surface area contributed by atoms with Gasteiger partial charge in [0.25, 0.3) is 0 Å². The van der Waals surface area contributed by atoms with Crippen LogP contribution in [0.5, 0.6) is 0 Å². The van der Waals surface area contributed by atoms with Gasteiger partial charge in [-0.1, -0.05) is 30.3 Å². The van der Waals surface area contributed by atoms with E-state index in [4.69, 9.17) is 4.74 Å². The molecule has 0 aliphatic carbocycles. The normalized spacial score (nSPS) is 19.7. The molecule has 1 N–H and O–H groups in total. The Morgan fingerprint density at radius 1 is 0.969 bits per heavy atom. The Morgan fingerprint density at radius 3 is 2.38 bits per heavy atom. The van der Waals surface area contributed by atoms with Crippen LogP contribution in [0, 0.1) is 0 Å². The summed E-state index contributed by atoms with van der Waals surface area (Å²) in [4.78, 5) is 31.1. The summed E-state index contributed by atoms with van der Waals surface area (Å²) in [6.07, 6.45) is 1.65. The summed E-state index contributed by atoms with van der Waals surface area (Å²) in [7, 11) is 1.39. The van der Waals surface area contributed by atoms with Gasteiger partial charge in [-0.05, 0) is 49.2 Å². The average molecular weight is 437 g/mol. The smallest absolute Gasteiger partial charge is 0.323 e. The second kappa shape index (κ2) is 10.6. The van der Waals surface area contributed by atoms with Crippen molar-refractivity contribution in [3.63, 3.8) is 0 Å². The number of carbonyl (C=O) groups excluding carboxylic acids is 2. The van der Waals surface area contributed by atoms with E-state index in [0.717, 1.165) is 57.8 Å². The van der Waals surface area contributed by atoms with Crippen molar-refractivity contribution in [3.05, 3.63) is 60.2 Å². The third kappa shape index (κ3) is 5.66. The molecule has 0 aromatic heterocycles. The second-order valence-corrected chi connectivity index (χ2v) is 8.50. The van der Waals surface area contributed by atoms with E-state index in [2.05, 4.69) is 57.6 Å². The van der Waals surface area contributed by atoms with Gasteiger partial charge in [0.2, 0.25) is 5.91 Å². The third-order valence-corrected chi connectivity index (χ3v) is 6.32. The maximum atomic E-state index is 12.5. The highest BCUT2D eigenvalue weighted by Gasteiger charge is 2.32. The van der Waals surface area contributed by atoms with Crippen molar-refractivity contribution in [1.82, 2.24) is 9.80 Å². The van der Waals surface area contributed by atoms with Gasteiger partial charge in [0.1, 0.15) is 6.04 Å². The first-order valence-electron chi connectivity index (χ1n) is 11.4. The van der Waals surface area contributed by atoms with E-state index in [0.29, 0.717) is 0 Å². The minimum atomic E-state index is -0.311. The maximum Gasteiger partial charge on any atom is 0.323 e. The van der Waals surface area contributed by atoms with Gasteiger partial charge in [-0.25, -0.2) is 0 Å². The number of piperazine rings is 1. The zero-order valence-corrected chi connectivity index (χ0v) is 18.7. The van der Waals surface area contributed by atoms with E-state index in [1.54, 1.807) is 0 Å². The number of methoxy groups -OCH3 is 1. The van der Waals surface area contributed by atoms with Crippen LogP contribution in [0.3, 0.4) is 0 Å². The molecule has 2 fully saturated rings. The van der Waals surface area contributed by atoms with Gasteiger partial charge in [-0.15, -0.1) is 0 Å². The molecule has 0 saturated carbocycles. The SMILES string of the molecule is COC(=O)C1CCCN1CC(=O)Nc1ccc(N2CCN(Cc3ccccc3)CC2)cc1. The zero-order chi connectivity index (χ0) is 22.3. The molecule has 2 saturated heterocycles. The van der Waals surface area contributed by atoms with Gasteiger partial charge in [-0.2, -0.15) is 0 Å². The summed E-state index contributed by atoms with van der Waals surface area (Å²) in [5.74, 6) is -0.369. The van der Waals surface area contributed by atoms with Crippen LogP contribution in [-0.2, 0) is 20.9 Å². The number of benzene rings is 2. The minimum Gasteiger partial charge on any atom is -0.468 e. The lowest BCUT2D eigenvalue weighted by molar-refractivity contribution is -0.146. The predicted molar refractivity (Wildman–Crippen MR) is 126 cm³/mol. The molecule has 1 atom stereocenters. The Hall–Kier alpha value is -2.90. The molecule has 2 aliphatic heterocycles. The van der Waals surface area contributed by atoms with Crippen LogP contribution in [0.1, 0.15) is 18.4 Å². The monoisotopic (exact) mass is 436 g/mol. The lowest BCUT2D eigenvalue weighted by atomic mass is 10.2. The first kappa shape index (κ1) is 22.3. The van der Waals surface area contributed by atoms with E-state index in [-0.39, 0.29) is 24.5 Å². The molecule has 1 amide bonds. The Kier molecular flexibility index (Phi) is 7.39. The van der Waals surface area contributed by atoms with Crippen LogP contribution in [-0.4, -0.2) is 74.1 Å². The summed E-state index contributed by atoms with van der Waals surface area (Å²) in [6.45, 7) is 5.97. The fourth-order valence-corrected chi connectivity index (χ4v) is 4.56. The number of nitrogens with one attached hydrogen (secondary N) is 1. The third-order valence-electron chi connectivity index (χ3n) is 6.32. The van der Waals surface area contributed by atoms with Gasteiger partial charge in [0.15, 0.2) is 0 Å². The Labute approximate surface area is 189 Å². The molecule has 4 rings (SSSR count). The van der Waals surface area contributed by atoms with Crippen LogP contribution < -0.4 is 10.2 Å². The van der Waals surface area contributed by atoms with Crippen LogP contribution in [0.15, 0.2) is 54.6 Å². The molecule has 2 aromatic carbocycles. The quantitative estimate of drug-likeness (QED) is 0.673. The Morgan fingerprint density at radius 2 is 1.69 bits per heavy atom. The average Bonchev–Trinajstić information content (AvgIpc) is 3.28. The van der Waals surface area contributed by atoms with Crippen molar-refractivity contribution in [2.24, 2.45) is 0 Å². The lowest BCUT2D eigenvalue weighted by Gasteiger charge is -2.36. The van der Waals surface area contributed by atoms with E-state index in [9.17, 15) is 9.59 Å². The summed E-state index contributed by atoms with van der Waals surface area (Å²) < 4.78 is 4.85. The van der Waals surface area contributed by atoms with Gasteiger partial charge in [-0.3, -0.25) is 19.4 Å². The summed E-state index contributed by atoms with van der Waals surface area (Å²) in [6, 6.07) is 18.3. The molecule has 0 bridgehead atoms. The van der Waals surface area contributed by atoms with Crippen molar-refractivity contribution < 1.29 is 14.3 Å². The largest absolute Gasteiger partial charge is 0.468 e. The molecule has 2 heterocycles. The number of amides is 1. The van der Waals surface area contributed by atoms with E-state index < -0.39 is 0 Å². The molecule has 0 spiro atoms. The molecule has 1 unspecified atom stereocenters. The summed E-state index contributed by atoms with van der Waals surface area (Å²) in [5.41, 5.74) is 3.30. The van der Waals surface area contributed by atoms with Gasteiger partial charge >= 0.3 is 5.97 Å². The van der Waals surface area contributed by atoms with Crippen LogP contribution >= 0.6 is 0 Å². The van der Waals surface area contributed by atoms with Crippen molar-refractivity contribution in [3.8, 4) is 0 Å². The molecular weight excluding hydrogens is 404 g/mol. The Balaban J connectivity index is 1.24. The van der Waals surface area contributed by atoms with E-state index >= 15 is 0 Å². The highest BCUT2D eigenvalue weighted by Crippen LogP contribution is 2.21. The Bertz CT molecular complexity index is 895. The second-order valence-electron chi connectivity index (χ2n) is 8.50. The van der Waals surface area contributed by atoms with Crippen molar-refractivity contribution in [2.75, 3.05) is 56.6 Å². The van der Waals surface area contributed by atoms with Crippen molar-refractivity contribution in [1.29, 1.82) is 0 Å². The van der Waals surface area contributed by atoms with Crippen LogP contribution in [0.4, 0.5) is 11.4 Å². The van der Waals surface area contributed by atoms with Crippen LogP contribution in [0.2, 0.25) is 0 Å². The fraction of sp³-hybridized carbons (Fsp3) is 0.440. The number of anilines is 2. The molecule has 170 valence electrons. The molecule has 2 aliphatic rings. The highest BCUT2D eigenvalue weighted by molar-refractivity contribution is 5.93. The molecule has 0 radical (unpaired) electrons. The molecular formula is C25H32N4O3. The molecule has 2 aromatic rings. The topological polar surface area (TPSA) is 65.1 Å². The molecule has 7 heteroatoms. The number of rotatable bonds is 7. The predicted octanol–water partition coefficient (Wildman–Crippen LogP) is 2.58. The number of ether oxygens (including phenoxy) is 1. The maximum absolute atomic E-state index is 12.5. The van der Waals surface area contributed by atoms with Gasteiger partial charge in [0, 0.05) is 44.1 Å². The molecule has 32 heavy (non-hydrogen) atoms. The number of hydrogen-bond donors (Lipinski definition) is 1.